The first-order valence-electron chi connectivity index (χ1n) is 20.8. The molecule has 2 N–H and O–H groups in total. The maximum atomic E-state index is 14.4. The Kier molecular flexibility index (Phi) is 18.6. The number of halogens is 6. The molecule has 1 amide bonds. The van der Waals surface area contributed by atoms with Crippen LogP contribution in [0, 0.1) is 41.2 Å². The molecule has 3 aromatic rings. The summed E-state index contributed by atoms with van der Waals surface area (Å²) in [5.74, 6) is -0.426. The quantitative estimate of drug-likeness (QED) is 0.0542. The molecule has 1 spiro atoms. The molecule has 2 heterocycles. The van der Waals surface area contributed by atoms with Gasteiger partial charge in [0.2, 0.25) is 5.91 Å². The van der Waals surface area contributed by atoms with E-state index in [1.54, 1.807) is 0 Å². The van der Waals surface area contributed by atoms with Crippen molar-refractivity contribution in [3.63, 3.8) is 0 Å². The first-order chi connectivity index (χ1) is 29.8. The number of rotatable bonds is 14. The summed E-state index contributed by atoms with van der Waals surface area (Å²) in [7, 11) is -4.15. The van der Waals surface area contributed by atoms with Gasteiger partial charge in [-0.05, 0) is 250 Å². The molecule has 336 valence electrons. The molecule has 2 atom stereocenters. The van der Waals surface area contributed by atoms with Gasteiger partial charge < -0.3 is 15.1 Å². The van der Waals surface area contributed by atoms with Gasteiger partial charge in [-0.3, -0.25) is 19.1 Å². The van der Waals surface area contributed by atoms with E-state index in [4.69, 9.17) is 4.99 Å². The Morgan fingerprint density at radius 2 is 1.54 bits per heavy atom. The van der Waals surface area contributed by atoms with Crippen molar-refractivity contribution in [1.29, 1.82) is 0 Å². The molecule has 1 saturated carbocycles. The summed E-state index contributed by atoms with van der Waals surface area (Å²) >= 11 is 14.4. The molecule has 1 aliphatic carbocycles. The van der Waals surface area contributed by atoms with E-state index < -0.39 is 27.6 Å². The predicted octanol–water partition coefficient (Wildman–Crippen LogP) is 12.9. The first-order valence-corrected chi connectivity index (χ1v) is 28.9. The molecule has 6 rings (SSSR count). The van der Waals surface area contributed by atoms with Gasteiger partial charge in [0.1, 0.15) is 0 Å². The highest BCUT2D eigenvalue weighted by Crippen LogP contribution is 2.58. The van der Waals surface area contributed by atoms with Gasteiger partial charge in [-0.1, -0.05) is 48.1 Å². The number of carbonyl (C=O) groups is 2. The molecule has 3 aromatic carbocycles. The molecule has 2 aliphatic heterocycles. The fraction of sp³-hybridized carbons (Fsp3) is 0.383. The Balaban J connectivity index is 1.24. The molecule has 0 aromatic heterocycles. The molecule has 2 unspecified atom stereocenters. The number of anilines is 2. The Morgan fingerprint density at radius 1 is 0.905 bits per heavy atom. The number of amides is 1. The highest BCUT2D eigenvalue weighted by atomic mass is 127. The van der Waals surface area contributed by atoms with E-state index in [0.717, 1.165) is 56.9 Å². The number of carbonyl (C=O) groups excluding carboxylic acids is 2. The zero-order chi connectivity index (χ0) is 45.8. The highest BCUT2D eigenvalue weighted by Gasteiger charge is 2.52. The van der Waals surface area contributed by atoms with Gasteiger partial charge in [0.05, 0.1) is 23.5 Å². The molecule has 9 nitrogen and oxygen atoms in total. The maximum absolute atomic E-state index is 14.4. The predicted molar refractivity (Wildman–Crippen MR) is 308 cm³/mol. The first kappa shape index (κ1) is 51.7. The molecule has 3 aliphatic rings. The van der Waals surface area contributed by atoms with E-state index in [1.807, 2.05) is 86.4 Å². The fourth-order valence-electron chi connectivity index (χ4n) is 8.90. The molecular weight excluding hydrogens is 1490 g/mol. The summed E-state index contributed by atoms with van der Waals surface area (Å²) in [6.45, 7) is 9.01. The monoisotopic (exact) mass is 1540 g/mol. The van der Waals surface area contributed by atoms with Crippen molar-refractivity contribution in [3.05, 3.63) is 123 Å². The van der Waals surface area contributed by atoms with Gasteiger partial charge >= 0.3 is 0 Å². The third-order valence-corrected chi connectivity index (χ3v) is 23.4. The van der Waals surface area contributed by atoms with Gasteiger partial charge in [-0.15, -0.1) is 0 Å². The van der Waals surface area contributed by atoms with Crippen LogP contribution in [0.5, 0.6) is 0 Å². The topological polar surface area (TPSA) is 119 Å². The van der Waals surface area contributed by atoms with Crippen molar-refractivity contribution < 1.29 is 22.6 Å². The standard InChI is InChI=1S/C47H50I6N4O5S/c1-28-15-17-33(18-16-28)55-31(4)45(58)37-13-10-23-57(37)46(59)32-19-21-47(22-20-32)39(56(24-11-25-63(60,61)62)38-27-35(49)43(52)44(53)40(38)47)14-9-7-5-6-8-12-29(2)54-36-26-34(48)42(51)41(50)30(36)3/h5-9,12,14-18,26-27,31-32,37,55H,10-11,13,19-25H2,1-4H3,(H,60,61,62)/b6-5+,9-7+,12-8+,39-14-,54-29+. The summed E-state index contributed by atoms with van der Waals surface area (Å²) in [5.41, 5.74) is 8.00. The summed E-state index contributed by atoms with van der Waals surface area (Å²) in [5, 5.41) is 3.36. The Bertz CT molecular complexity index is 2510. The third-order valence-electron chi connectivity index (χ3n) is 12.1. The van der Waals surface area contributed by atoms with E-state index >= 15 is 0 Å². The van der Waals surface area contributed by atoms with Crippen molar-refractivity contribution in [2.45, 2.75) is 90.1 Å². The molecule has 2 fully saturated rings. The second-order valence-electron chi connectivity index (χ2n) is 16.4. The lowest BCUT2D eigenvalue weighted by atomic mass is 9.65. The molecule has 16 heteroatoms. The second kappa shape index (κ2) is 22.6. The van der Waals surface area contributed by atoms with Crippen molar-refractivity contribution in [3.8, 4) is 0 Å². The normalized spacial score (nSPS) is 21.8. The van der Waals surface area contributed by atoms with Crippen molar-refractivity contribution in [2.75, 3.05) is 29.1 Å². The van der Waals surface area contributed by atoms with Crippen molar-refractivity contribution in [2.24, 2.45) is 10.9 Å². The van der Waals surface area contributed by atoms with Crippen LogP contribution >= 0.6 is 136 Å². The number of aryl methyl sites for hydroxylation is 1. The number of allylic oxidation sites excluding steroid dienone is 8. The molecule has 1 saturated heterocycles. The Hall–Kier alpha value is -0.680. The van der Waals surface area contributed by atoms with Gasteiger partial charge in [0, 0.05) is 74.2 Å². The van der Waals surface area contributed by atoms with E-state index in [-0.39, 0.29) is 29.8 Å². The van der Waals surface area contributed by atoms with Crippen LogP contribution in [0.15, 0.2) is 89.6 Å². The van der Waals surface area contributed by atoms with E-state index in [9.17, 15) is 22.6 Å². The number of benzene rings is 3. The smallest absolute Gasteiger partial charge is 0.264 e. The lowest BCUT2D eigenvalue weighted by molar-refractivity contribution is -0.142. The number of nitrogens with zero attached hydrogens (tertiary/aromatic N) is 3. The van der Waals surface area contributed by atoms with Gasteiger partial charge in [0.15, 0.2) is 5.78 Å². The number of ketones is 1. The number of aliphatic imine (C=N–C) groups is 1. The van der Waals surface area contributed by atoms with Gasteiger partial charge in [-0.2, -0.15) is 8.42 Å². The minimum Gasteiger partial charge on any atom is -0.375 e. The minimum absolute atomic E-state index is 0.0456. The SMILES string of the molecule is CC(/C=C/C=C/C=C/C=C1\N(CCCS(=O)(=O)O)c2cc(I)c(I)c(I)c2C12CCC(C(=O)N1CCCC1C(=O)C(C)Nc1ccc(C)cc1)CC2)=N\c1cc(I)c(I)c(I)c1C. The van der Waals surface area contributed by atoms with Gasteiger partial charge in [-0.25, -0.2) is 0 Å². The fourth-order valence-corrected chi connectivity index (χ4v) is 14.2. The minimum atomic E-state index is -4.15. The van der Waals surface area contributed by atoms with Crippen LogP contribution in [0.2, 0.25) is 0 Å². The van der Waals surface area contributed by atoms with Crippen molar-refractivity contribution >= 4 is 180 Å². The lowest BCUT2D eigenvalue weighted by Gasteiger charge is -2.41. The number of fused-ring (bicyclic) bond motifs is 2. The molecule has 0 radical (unpaired) electrons. The summed E-state index contributed by atoms with van der Waals surface area (Å²) < 4.78 is 40.6. The average Bonchev–Trinajstić information content (AvgIpc) is 3.82. The third kappa shape index (κ3) is 12.3. The summed E-state index contributed by atoms with van der Waals surface area (Å²) in [6, 6.07) is 11.4. The van der Waals surface area contributed by atoms with Crippen molar-refractivity contribution in [1.82, 2.24) is 4.90 Å². The number of nitrogens with one attached hydrogen (secondary N) is 1. The van der Waals surface area contributed by atoms with E-state index in [0.29, 0.717) is 32.4 Å². The molecule has 0 bridgehead atoms. The maximum Gasteiger partial charge on any atom is 0.264 e. The van der Waals surface area contributed by atoms with Crippen LogP contribution in [-0.2, 0) is 25.1 Å². The summed E-state index contributed by atoms with van der Waals surface area (Å²) in [4.78, 5) is 37.2. The zero-order valence-corrected chi connectivity index (χ0v) is 49.2. The van der Waals surface area contributed by atoms with Crippen LogP contribution in [0.3, 0.4) is 0 Å². The highest BCUT2D eigenvalue weighted by molar-refractivity contribution is 14.1. The lowest BCUT2D eigenvalue weighted by Crippen LogP contribution is -2.49. The van der Waals surface area contributed by atoms with Crippen LogP contribution in [0.4, 0.5) is 17.1 Å². The average molecular weight is 1540 g/mol. The van der Waals surface area contributed by atoms with Crippen LogP contribution in [0.25, 0.3) is 0 Å². The number of hydrogen-bond donors (Lipinski definition) is 2. The van der Waals surface area contributed by atoms with E-state index in [1.165, 1.54) is 29.0 Å². The Morgan fingerprint density at radius 3 is 2.22 bits per heavy atom. The molecule has 63 heavy (non-hydrogen) atoms. The van der Waals surface area contributed by atoms with Crippen LogP contribution in [-0.4, -0.2) is 66.2 Å². The zero-order valence-electron chi connectivity index (χ0n) is 35.4. The second-order valence-corrected chi connectivity index (χ2v) is 24.6. The van der Waals surface area contributed by atoms with Gasteiger partial charge in [0.25, 0.3) is 10.1 Å². The van der Waals surface area contributed by atoms with E-state index in [2.05, 4.69) is 171 Å². The van der Waals surface area contributed by atoms with Crippen LogP contribution < -0.4 is 10.2 Å². The largest absolute Gasteiger partial charge is 0.375 e. The van der Waals surface area contributed by atoms with Crippen LogP contribution in [0.1, 0.15) is 75.5 Å². The number of likely N-dealkylation sites (tertiary alicyclic amines) is 1. The molecular formula is C47H50I6N4O5S. The Labute approximate surface area is 454 Å². The summed E-state index contributed by atoms with van der Waals surface area (Å²) in [6.07, 6.45) is 18.6. The number of hydrogen-bond acceptors (Lipinski definition) is 7. The number of Topliss-reactive ketones (excluding diaryl/α,β-unsaturated/α-hetero) is 1.